The number of hydrogen-bond donors (Lipinski definition) is 0. The normalized spacial score (nSPS) is 10.8. The highest BCUT2D eigenvalue weighted by molar-refractivity contribution is 6.35. The first-order valence-electron chi connectivity index (χ1n) is 6.27. The molecule has 0 saturated heterocycles. The lowest BCUT2D eigenvalue weighted by molar-refractivity contribution is 0.0588. The van der Waals surface area contributed by atoms with Gasteiger partial charge in [0.2, 0.25) is 0 Å². The molecule has 1 aromatic carbocycles. The lowest BCUT2D eigenvalue weighted by atomic mass is 10.1. The molecule has 106 valence electrons. The number of fused-ring (bicyclic) bond motifs is 1. The number of benzene rings is 1. The summed E-state index contributed by atoms with van der Waals surface area (Å²) in [7, 11) is 3.04. The summed E-state index contributed by atoms with van der Waals surface area (Å²) in [4.78, 5) is 15.9. The molecule has 0 bridgehead atoms. The minimum atomic E-state index is -0.420. The summed E-state index contributed by atoms with van der Waals surface area (Å²) in [5.74, 6) is -0.420. The van der Waals surface area contributed by atoms with Crippen LogP contribution in [0, 0.1) is 0 Å². The Morgan fingerprint density at radius 2 is 2.10 bits per heavy atom. The van der Waals surface area contributed by atoms with Gasteiger partial charge < -0.3 is 4.74 Å². The van der Waals surface area contributed by atoms with Crippen molar-refractivity contribution in [2.75, 3.05) is 7.11 Å². The maximum absolute atomic E-state index is 11.6. The van der Waals surface area contributed by atoms with Crippen LogP contribution in [0.5, 0.6) is 0 Å². The first kappa shape index (κ1) is 13.6. The zero-order chi connectivity index (χ0) is 15.0. The van der Waals surface area contributed by atoms with Crippen LogP contribution in [0.2, 0.25) is 5.02 Å². The van der Waals surface area contributed by atoms with E-state index in [9.17, 15) is 4.79 Å². The van der Waals surface area contributed by atoms with Crippen LogP contribution in [-0.2, 0) is 11.8 Å². The largest absolute Gasteiger partial charge is 0.464 e. The Bertz CT molecular complexity index is 842. The van der Waals surface area contributed by atoms with Gasteiger partial charge in [0, 0.05) is 24.2 Å². The molecule has 0 fully saturated rings. The fourth-order valence-corrected chi connectivity index (χ4v) is 2.38. The molecular formula is C15H12ClN3O2. The fraction of sp³-hybridized carbons (Fsp3) is 0.133. The number of pyridine rings is 1. The minimum absolute atomic E-state index is 0.393. The number of carbonyl (C=O) groups excluding carboxylic acids is 1. The van der Waals surface area contributed by atoms with Gasteiger partial charge in [-0.25, -0.2) is 4.79 Å². The smallest absolute Gasteiger partial charge is 0.356 e. The zero-order valence-corrected chi connectivity index (χ0v) is 12.3. The van der Waals surface area contributed by atoms with E-state index in [0.29, 0.717) is 16.4 Å². The summed E-state index contributed by atoms with van der Waals surface area (Å²) >= 11 is 6.19. The molecule has 0 aliphatic carbocycles. The number of aromatic nitrogens is 3. The van der Waals surface area contributed by atoms with Gasteiger partial charge >= 0.3 is 5.97 Å². The maximum Gasteiger partial charge on any atom is 0.356 e. The number of carbonyl (C=O) groups is 1. The van der Waals surface area contributed by atoms with Gasteiger partial charge in [0.05, 0.1) is 23.3 Å². The average Bonchev–Trinajstić information content (AvgIpc) is 2.88. The second kappa shape index (κ2) is 5.18. The van der Waals surface area contributed by atoms with Crippen LogP contribution in [0.3, 0.4) is 0 Å². The van der Waals surface area contributed by atoms with Crippen molar-refractivity contribution in [3.63, 3.8) is 0 Å². The summed E-state index contributed by atoms with van der Waals surface area (Å²) in [6.07, 6.45) is 1.67. The van der Waals surface area contributed by atoms with Gasteiger partial charge in [0.1, 0.15) is 5.69 Å². The van der Waals surface area contributed by atoms with Crippen molar-refractivity contribution in [3.8, 4) is 11.3 Å². The van der Waals surface area contributed by atoms with E-state index in [-0.39, 0.29) is 0 Å². The maximum atomic E-state index is 11.6. The van der Waals surface area contributed by atoms with Crippen molar-refractivity contribution in [3.05, 3.63) is 47.2 Å². The van der Waals surface area contributed by atoms with E-state index in [2.05, 4.69) is 10.1 Å². The monoisotopic (exact) mass is 301 g/mol. The molecule has 21 heavy (non-hydrogen) atoms. The number of methoxy groups -OCH3 is 1. The number of halogens is 1. The zero-order valence-electron chi connectivity index (χ0n) is 11.5. The molecule has 0 spiro atoms. The molecule has 6 heteroatoms. The van der Waals surface area contributed by atoms with Crippen molar-refractivity contribution >= 4 is 28.5 Å². The molecule has 0 N–H and O–H groups in total. The van der Waals surface area contributed by atoms with Gasteiger partial charge in [-0.3, -0.25) is 9.67 Å². The topological polar surface area (TPSA) is 57.0 Å². The lowest BCUT2D eigenvalue weighted by Crippen LogP contribution is -2.07. The molecule has 0 unspecified atom stereocenters. The van der Waals surface area contributed by atoms with E-state index in [1.165, 1.54) is 11.8 Å². The Morgan fingerprint density at radius 3 is 2.86 bits per heavy atom. The molecule has 0 atom stereocenters. The van der Waals surface area contributed by atoms with Gasteiger partial charge in [-0.1, -0.05) is 17.7 Å². The number of rotatable bonds is 2. The predicted molar refractivity (Wildman–Crippen MR) is 80.3 cm³/mol. The summed E-state index contributed by atoms with van der Waals surface area (Å²) in [5, 5.41) is 5.82. The van der Waals surface area contributed by atoms with Crippen LogP contribution in [0.1, 0.15) is 10.5 Å². The molecule has 0 radical (unpaired) electrons. The first-order chi connectivity index (χ1) is 10.1. The Kier molecular flexibility index (Phi) is 3.35. The number of nitrogens with zero attached hydrogens (tertiary/aromatic N) is 3. The summed E-state index contributed by atoms with van der Waals surface area (Å²) in [5.41, 5.74) is 2.75. The molecule has 0 amide bonds. The molecule has 2 aromatic heterocycles. The fourth-order valence-electron chi connectivity index (χ4n) is 2.18. The molecule has 3 rings (SSSR count). The summed E-state index contributed by atoms with van der Waals surface area (Å²) < 4.78 is 6.22. The Hall–Kier alpha value is -2.40. The van der Waals surface area contributed by atoms with Crippen molar-refractivity contribution in [1.82, 2.24) is 14.8 Å². The number of aryl methyl sites for hydroxylation is 1. The highest BCUT2D eigenvalue weighted by Gasteiger charge is 2.15. The third-order valence-corrected chi connectivity index (χ3v) is 3.59. The molecule has 0 aliphatic rings. The van der Waals surface area contributed by atoms with Crippen LogP contribution in [0.15, 0.2) is 36.5 Å². The first-order valence-corrected chi connectivity index (χ1v) is 6.65. The second-order valence-corrected chi connectivity index (χ2v) is 4.96. The van der Waals surface area contributed by atoms with Crippen LogP contribution < -0.4 is 0 Å². The van der Waals surface area contributed by atoms with Gasteiger partial charge in [-0.05, 0) is 24.3 Å². The van der Waals surface area contributed by atoms with Crippen LogP contribution in [-0.4, -0.2) is 27.8 Å². The van der Waals surface area contributed by atoms with Crippen molar-refractivity contribution in [1.29, 1.82) is 0 Å². The third kappa shape index (κ3) is 2.36. The Morgan fingerprint density at radius 1 is 1.29 bits per heavy atom. The summed E-state index contributed by atoms with van der Waals surface area (Å²) in [6, 6.07) is 9.12. The highest BCUT2D eigenvalue weighted by Crippen LogP contribution is 2.27. The molecular weight excluding hydrogens is 290 g/mol. The van der Waals surface area contributed by atoms with Gasteiger partial charge in [-0.2, -0.15) is 5.10 Å². The van der Waals surface area contributed by atoms with E-state index < -0.39 is 5.97 Å². The van der Waals surface area contributed by atoms with Crippen molar-refractivity contribution in [2.24, 2.45) is 7.05 Å². The van der Waals surface area contributed by atoms with E-state index >= 15 is 0 Å². The SMILES string of the molecule is COC(=O)c1cc(-c2ccc3nccc(Cl)c3c2)nn1C. The van der Waals surface area contributed by atoms with E-state index in [0.717, 1.165) is 16.5 Å². The lowest BCUT2D eigenvalue weighted by Gasteiger charge is -2.02. The van der Waals surface area contributed by atoms with Gasteiger partial charge in [-0.15, -0.1) is 0 Å². The molecule has 2 heterocycles. The number of ether oxygens (including phenoxy) is 1. The highest BCUT2D eigenvalue weighted by atomic mass is 35.5. The van der Waals surface area contributed by atoms with Crippen LogP contribution in [0.25, 0.3) is 22.2 Å². The molecule has 0 saturated carbocycles. The predicted octanol–water partition coefficient (Wildman–Crippen LogP) is 3.08. The Labute approximate surface area is 126 Å². The van der Waals surface area contributed by atoms with Crippen LogP contribution >= 0.6 is 11.6 Å². The summed E-state index contributed by atoms with van der Waals surface area (Å²) in [6.45, 7) is 0. The van der Waals surface area contributed by atoms with Crippen LogP contribution in [0.4, 0.5) is 0 Å². The number of hydrogen-bond acceptors (Lipinski definition) is 4. The van der Waals surface area contributed by atoms with Gasteiger partial charge in [0.15, 0.2) is 0 Å². The quantitative estimate of drug-likeness (QED) is 0.683. The average molecular weight is 302 g/mol. The minimum Gasteiger partial charge on any atom is -0.464 e. The van der Waals surface area contributed by atoms with Crippen molar-refractivity contribution in [2.45, 2.75) is 0 Å². The second-order valence-electron chi connectivity index (χ2n) is 4.55. The van der Waals surface area contributed by atoms with Crippen molar-refractivity contribution < 1.29 is 9.53 Å². The van der Waals surface area contributed by atoms with E-state index in [4.69, 9.17) is 16.3 Å². The van der Waals surface area contributed by atoms with E-state index in [1.807, 2.05) is 18.2 Å². The third-order valence-electron chi connectivity index (χ3n) is 3.26. The molecule has 5 nitrogen and oxygen atoms in total. The Balaban J connectivity index is 2.12. The number of esters is 1. The van der Waals surface area contributed by atoms with E-state index in [1.54, 1.807) is 25.4 Å². The molecule has 0 aliphatic heterocycles. The molecule has 3 aromatic rings. The van der Waals surface area contributed by atoms with Gasteiger partial charge in [0.25, 0.3) is 0 Å². The standard InChI is InChI=1S/C15H12ClN3O2/c1-19-14(15(20)21-2)8-13(18-19)9-3-4-12-10(7-9)11(16)5-6-17-12/h3-8H,1-2H3.